The van der Waals surface area contributed by atoms with E-state index in [4.69, 9.17) is 0 Å². The van der Waals surface area contributed by atoms with E-state index >= 15 is 0 Å². The fraction of sp³-hybridized carbons (Fsp3) is 0.0476. The molecule has 29 heavy (non-hydrogen) atoms. The first-order chi connectivity index (χ1) is 14.1. The highest BCUT2D eigenvalue weighted by molar-refractivity contribution is 6.43. The fourth-order valence-electron chi connectivity index (χ4n) is 3.24. The van der Waals surface area contributed by atoms with Gasteiger partial charge in [-0.3, -0.25) is 14.6 Å². The van der Waals surface area contributed by atoms with Crippen LogP contribution in [0.2, 0.25) is 0 Å². The molecule has 1 aliphatic heterocycles. The number of imide groups is 1. The van der Waals surface area contributed by atoms with E-state index in [9.17, 15) is 14.5 Å². The summed E-state index contributed by atoms with van der Waals surface area (Å²) in [5.74, 6) is -0.507. The molecule has 0 bridgehead atoms. The summed E-state index contributed by atoms with van der Waals surface area (Å²) in [5.41, 5.74) is 2.48. The van der Waals surface area contributed by atoms with Crippen LogP contribution in [0.25, 0.3) is 11.3 Å². The van der Waals surface area contributed by atoms with E-state index in [1.807, 2.05) is 30.3 Å². The number of nitrogens with zero attached hydrogens (tertiary/aromatic N) is 4. The summed E-state index contributed by atoms with van der Waals surface area (Å²) in [7, 11) is 0. The van der Waals surface area contributed by atoms with Crippen molar-refractivity contribution in [3.8, 4) is 0 Å². The minimum atomic E-state index is -0.495. The summed E-state index contributed by atoms with van der Waals surface area (Å²) >= 11 is 0. The van der Waals surface area contributed by atoms with Gasteiger partial charge in [0.05, 0.1) is 23.2 Å². The van der Waals surface area contributed by atoms with Crippen LogP contribution in [0.1, 0.15) is 18.1 Å². The number of nitroso groups, excluding NO2 is 1. The Bertz CT molecular complexity index is 1140. The van der Waals surface area contributed by atoms with Crippen molar-refractivity contribution in [2.24, 2.45) is 5.18 Å². The highest BCUT2D eigenvalue weighted by Gasteiger charge is 2.38. The zero-order valence-electron chi connectivity index (χ0n) is 15.4. The number of carbonyl (C=O) groups is 2. The number of rotatable bonds is 4. The van der Waals surface area contributed by atoms with Gasteiger partial charge in [0.2, 0.25) is 5.91 Å². The van der Waals surface area contributed by atoms with Crippen molar-refractivity contribution in [2.75, 3.05) is 10.2 Å². The van der Waals surface area contributed by atoms with Crippen molar-refractivity contribution in [3.63, 3.8) is 0 Å². The van der Waals surface area contributed by atoms with E-state index in [2.05, 4.69) is 20.5 Å². The lowest BCUT2D eigenvalue weighted by atomic mass is 10.00. The molecule has 8 heteroatoms. The van der Waals surface area contributed by atoms with E-state index < -0.39 is 11.8 Å². The summed E-state index contributed by atoms with van der Waals surface area (Å²) in [6, 6.07) is 13.8. The number of carbonyl (C=O) groups excluding carboxylic acids is 2. The van der Waals surface area contributed by atoms with Crippen molar-refractivity contribution in [1.29, 1.82) is 0 Å². The smallest absolute Gasteiger partial charge is 0.267 e. The predicted molar refractivity (Wildman–Crippen MR) is 109 cm³/mol. The molecule has 2 amide bonds. The lowest BCUT2D eigenvalue weighted by Crippen LogP contribution is -2.31. The van der Waals surface area contributed by atoms with Crippen molar-refractivity contribution in [1.82, 2.24) is 9.97 Å². The third-order valence-corrected chi connectivity index (χ3v) is 4.46. The van der Waals surface area contributed by atoms with Gasteiger partial charge in [-0.05, 0) is 28.9 Å². The van der Waals surface area contributed by atoms with Gasteiger partial charge in [0, 0.05) is 24.9 Å². The molecule has 2 aromatic carbocycles. The average molecular weight is 385 g/mol. The average Bonchev–Trinajstić information content (AvgIpc) is 3.04. The second-order valence-corrected chi connectivity index (χ2v) is 6.28. The van der Waals surface area contributed by atoms with Gasteiger partial charge >= 0.3 is 0 Å². The van der Waals surface area contributed by atoms with E-state index in [0.717, 1.165) is 10.5 Å². The number of hydrogen-bond acceptors (Lipinski definition) is 7. The topological polar surface area (TPSA) is 105 Å². The summed E-state index contributed by atoms with van der Waals surface area (Å²) in [4.78, 5) is 45.8. The number of aromatic nitrogens is 2. The van der Waals surface area contributed by atoms with Crippen molar-refractivity contribution in [2.45, 2.75) is 6.92 Å². The zero-order chi connectivity index (χ0) is 20.4. The fourth-order valence-corrected chi connectivity index (χ4v) is 3.24. The highest BCUT2D eigenvalue weighted by atomic mass is 16.3. The number of amides is 2. The van der Waals surface area contributed by atoms with Crippen LogP contribution in [0.3, 0.4) is 0 Å². The van der Waals surface area contributed by atoms with Gasteiger partial charge in [0.15, 0.2) is 0 Å². The second kappa shape index (κ2) is 7.43. The minimum Gasteiger partial charge on any atom is -0.338 e. The van der Waals surface area contributed by atoms with Crippen LogP contribution < -0.4 is 10.2 Å². The maximum absolute atomic E-state index is 13.3. The molecule has 1 aromatic heterocycles. The SMILES string of the molecule is CC(=O)N1C(=O)/C(=C(\Nc2cnccn2)c2ccccc2)c2ccc(N=O)cc21. The summed E-state index contributed by atoms with van der Waals surface area (Å²) < 4.78 is 0. The number of fused-ring (bicyclic) bond motifs is 1. The van der Waals surface area contributed by atoms with Crippen LogP contribution in [0.15, 0.2) is 72.3 Å². The molecule has 1 N–H and O–H groups in total. The monoisotopic (exact) mass is 385 g/mol. The quantitative estimate of drug-likeness (QED) is 0.542. The van der Waals surface area contributed by atoms with Crippen LogP contribution in [-0.2, 0) is 9.59 Å². The Morgan fingerprint density at radius 3 is 2.55 bits per heavy atom. The molecular formula is C21H15N5O3. The Morgan fingerprint density at radius 2 is 1.90 bits per heavy atom. The molecular weight excluding hydrogens is 370 g/mol. The Morgan fingerprint density at radius 1 is 1.10 bits per heavy atom. The first-order valence-corrected chi connectivity index (χ1v) is 8.75. The van der Waals surface area contributed by atoms with Crippen LogP contribution in [0.5, 0.6) is 0 Å². The first-order valence-electron chi connectivity index (χ1n) is 8.75. The highest BCUT2D eigenvalue weighted by Crippen LogP contribution is 2.42. The van der Waals surface area contributed by atoms with Gasteiger partial charge in [-0.25, -0.2) is 9.88 Å². The molecule has 0 unspecified atom stereocenters. The number of anilines is 2. The molecule has 2 heterocycles. The van der Waals surface area contributed by atoms with Gasteiger partial charge < -0.3 is 5.32 Å². The van der Waals surface area contributed by atoms with Crippen molar-refractivity contribution < 1.29 is 9.59 Å². The van der Waals surface area contributed by atoms with Crippen molar-refractivity contribution >= 4 is 40.3 Å². The molecule has 8 nitrogen and oxygen atoms in total. The third kappa shape index (κ3) is 3.27. The predicted octanol–water partition coefficient (Wildman–Crippen LogP) is 3.75. The Labute approximate surface area is 165 Å². The second-order valence-electron chi connectivity index (χ2n) is 6.28. The zero-order valence-corrected chi connectivity index (χ0v) is 15.4. The van der Waals surface area contributed by atoms with E-state index in [-0.39, 0.29) is 5.69 Å². The van der Waals surface area contributed by atoms with Gasteiger partial charge in [-0.1, -0.05) is 30.3 Å². The molecule has 142 valence electrons. The minimum absolute atomic E-state index is 0.132. The van der Waals surface area contributed by atoms with Crippen LogP contribution in [0, 0.1) is 4.91 Å². The molecule has 0 saturated heterocycles. The van der Waals surface area contributed by atoms with Crippen LogP contribution in [-0.4, -0.2) is 21.8 Å². The molecule has 0 fully saturated rings. The van der Waals surface area contributed by atoms with Gasteiger partial charge in [-0.15, -0.1) is 4.91 Å². The van der Waals surface area contributed by atoms with E-state index in [0.29, 0.717) is 28.3 Å². The van der Waals surface area contributed by atoms with Crippen LogP contribution in [0.4, 0.5) is 17.2 Å². The molecule has 0 radical (unpaired) electrons. The van der Waals surface area contributed by atoms with Gasteiger partial charge in [-0.2, -0.15) is 0 Å². The molecule has 0 aliphatic carbocycles. The van der Waals surface area contributed by atoms with Crippen LogP contribution >= 0.6 is 0 Å². The normalized spacial score (nSPS) is 14.4. The van der Waals surface area contributed by atoms with E-state index in [1.54, 1.807) is 12.3 Å². The first kappa shape index (κ1) is 18.2. The number of benzene rings is 2. The Kier molecular flexibility index (Phi) is 4.66. The molecule has 3 aromatic rings. The van der Waals surface area contributed by atoms with Gasteiger partial charge in [0.1, 0.15) is 11.5 Å². The number of hydrogen-bond donors (Lipinski definition) is 1. The molecule has 1 aliphatic rings. The molecule has 4 rings (SSSR count). The van der Waals surface area contributed by atoms with Crippen molar-refractivity contribution in [3.05, 3.63) is 83.2 Å². The third-order valence-electron chi connectivity index (χ3n) is 4.46. The molecule has 0 spiro atoms. The summed E-state index contributed by atoms with van der Waals surface area (Å²) in [5, 5.41) is 6.07. The van der Waals surface area contributed by atoms with E-state index in [1.165, 1.54) is 31.5 Å². The summed E-state index contributed by atoms with van der Waals surface area (Å²) in [6.45, 7) is 1.30. The Balaban J connectivity index is 1.98. The standard InChI is InChI=1S/C21H15N5O3/c1-13(27)26-17-11-15(25-29)7-8-16(17)19(21(26)28)20(14-5-3-2-4-6-14)24-18-12-22-9-10-23-18/h2-12H,1H3,(H,23,24)/b20-19-. The molecule has 0 saturated carbocycles. The maximum Gasteiger partial charge on any atom is 0.267 e. The lowest BCUT2D eigenvalue weighted by molar-refractivity contribution is -0.122. The molecule has 0 atom stereocenters. The maximum atomic E-state index is 13.3. The summed E-state index contributed by atoms with van der Waals surface area (Å²) in [6.07, 6.45) is 4.61. The largest absolute Gasteiger partial charge is 0.338 e. The lowest BCUT2D eigenvalue weighted by Gasteiger charge is -2.14. The number of nitrogens with one attached hydrogen (secondary N) is 1. The van der Waals surface area contributed by atoms with Gasteiger partial charge in [0.25, 0.3) is 5.91 Å². The Hall–Kier alpha value is -4.20.